The highest BCUT2D eigenvalue weighted by Crippen LogP contribution is 2.35. The van der Waals surface area contributed by atoms with Gasteiger partial charge in [-0.3, -0.25) is 15.1 Å². The molecule has 0 aliphatic rings. The summed E-state index contributed by atoms with van der Waals surface area (Å²) in [5.41, 5.74) is 8.39. The minimum absolute atomic E-state index is 0.0499. The first-order valence-corrected chi connectivity index (χ1v) is 17.5. The van der Waals surface area contributed by atoms with Crippen molar-refractivity contribution in [3.63, 3.8) is 0 Å². The van der Waals surface area contributed by atoms with E-state index in [9.17, 15) is 24.6 Å². The van der Waals surface area contributed by atoms with Crippen LogP contribution in [0.25, 0.3) is 0 Å². The van der Waals surface area contributed by atoms with Gasteiger partial charge in [0.2, 0.25) is 0 Å². The molecule has 0 saturated carbocycles. The number of aryl methyl sites for hydroxylation is 2. The summed E-state index contributed by atoms with van der Waals surface area (Å²) in [6.45, 7) is 8.01. The van der Waals surface area contributed by atoms with E-state index in [4.69, 9.17) is 14.3 Å². The van der Waals surface area contributed by atoms with E-state index in [1.165, 1.54) is 12.1 Å². The maximum Gasteiger partial charge on any atom is 0.336 e. The SMILES string of the molecule is Cc1ccc(CONc2ccc(Oc3ccc(C(C)(C)c4ccc(Oc5ccc(NC(=O)c6ccc(C)cc6C(=O)O)cc5)cc4)cc3)cc2)c(C(=O)O)c1. The van der Waals surface area contributed by atoms with Gasteiger partial charge in [0.15, 0.2) is 0 Å². The first kappa shape index (κ1) is 37.8. The van der Waals surface area contributed by atoms with Crippen molar-refractivity contribution in [2.45, 2.75) is 39.7 Å². The second-order valence-corrected chi connectivity index (χ2v) is 13.6. The maximum absolute atomic E-state index is 12.8. The molecule has 0 unspecified atom stereocenters. The van der Waals surface area contributed by atoms with Crippen LogP contribution in [0.15, 0.2) is 133 Å². The number of carboxylic acid groups (broad SMARTS) is 2. The molecule has 0 heterocycles. The van der Waals surface area contributed by atoms with Crippen LogP contribution in [0.2, 0.25) is 0 Å². The molecule has 4 N–H and O–H groups in total. The minimum atomic E-state index is -1.16. The zero-order valence-electron chi connectivity index (χ0n) is 30.8. The van der Waals surface area contributed by atoms with Crippen LogP contribution in [0.3, 0.4) is 0 Å². The van der Waals surface area contributed by atoms with Crippen LogP contribution in [0.1, 0.15) is 72.7 Å². The molecule has 0 bridgehead atoms. The molecule has 0 aliphatic heterocycles. The van der Waals surface area contributed by atoms with Crippen LogP contribution in [0.5, 0.6) is 23.0 Å². The highest BCUT2D eigenvalue weighted by atomic mass is 16.6. The summed E-state index contributed by atoms with van der Waals surface area (Å²) >= 11 is 0. The fraction of sp³-hybridized carbons (Fsp3) is 0.133. The number of aromatic carboxylic acids is 2. The Hall–Kier alpha value is -6.91. The number of hydrogen-bond donors (Lipinski definition) is 4. The second-order valence-electron chi connectivity index (χ2n) is 13.6. The third kappa shape index (κ3) is 9.37. The zero-order valence-corrected chi connectivity index (χ0v) is 30.8. The lowest BCUT2D eigenvalue weighted by Gasteiger charge is -2.26. The molecular formula is C45H40N2O8. The Bertz CT molecular complexity index is 2320. The van der Waals surface area contributed by atoms with Crippen molar-refractivity contribution in [1.82, 2.24) is 0 Å². The van der Waals surface area contributed by atoms with E-state index < -0.39 is 17.8 Å². The predicted octanol–water partition coefficient (Wildman–Crippen LogP) is 10.4. The smallest absolute Gasteiger partial charge is 0.336 e. The molecule has 1 amide bonds. The molecule has 0 saturated heterocycles. The van der Waals surface area contributed by atoms with Gasteiger partial charge < -0.3 is 25.0 Å². The van der Waals surface area contributed by atoms with E-state index in [-0.39, 0.29) is 28.7 Å². The molecule has 55 heavy (non-hydrogen) atoms. The summed E-state index contributed by atoms with van der Waals surface area (Å²) in [5, 5.41) is 21.7. The Morgan fingerprint density at radius 3 is 1.47 bits per heavy atom. The summed E-state index contributed by atoms with van der Waals surface area (Å²) < 4.78 is 12.1. The Morgan fingerprint density at radius 2 is 0.982 bits per heavy atom. The Labute approximate surface area is 318 Å². The Kier molecular flexibility index (Phi) is 11.3. The van der Waals surface area contributed by atoms with Crippen molar-refractivity contribution in [2.24, 2.45) is 0 Å². The van der Waals surface area contributed by atoms with Gasteiger partial charge >= 0.3 is 11.9 Å². The summed E-state index contributed by atoms with van der Waals surface area (Å²) in [6, 6.07) is 39.9. The highest BCUT2D eigenvalue weighted by molar-refractivity contribution is 6.10. The number of ether oxygens (including phenoxy) is 2. The zero-order chi connectivity index (χ0) is 39.1. The van der Waals surface area contributed by atoms with Crippen molar-refractivity contribution in [2.75, 3.05) is 10.8 Å². The molecule has 0 radical (unpaired) electrons. The number of rotatable bonds is 14. The van der Waals surface area contributed by atoms with Gasteiger partial charge in [-0.2, -0.15) is 0 Å². The topological polar surface area (TPSA) is 143 Å². The summed E-state index contributed by atoms with van der Waals surface area (Å²) in [7, 11) is 0. The maximum atomic E-state index is 12.8. The molecule has 278 valence electrons. The van der Waals surface area contributed by atoms with E-state index in [0.717, 1.165) is 22.3 Å². The molecule has 0 aliphatic carbocycles. The van der Waals surface area contributed by atoms with Crippen LogP contribution >= 0.6 is 0 Å². The van der Waals surface area contributed by atoms with Crippen LogP contribution < -0.4 is 20.3 Å². The molecule has 0 spiro atoms. The van der Waals surface area contributed by atoms with E-state index in [2.05, 4.69) is 24.6 Å². The largest absolute Gasteiger partial charge is 0.478 e. The van der Waals surface area contributed by atoms with Gasteiger partial charge in [-0.15, -0.1) is 0 Å². The number of carbonyl (C=O) groups is 3. The average molecular weight is 737 g/mol. The number of anilines is 2. The minimum Gasteiger partial charge on any atom is -0.478 e. The quantitative estimate of drug-likeness (QED) is 0.0803. The molecule has 6 aromatic rings. The molecule has 6 aromatic carbocycles. The van der Waals surface area contributed by atoms with Gasteiger partial charge in [0.05, 0.1) is 22.4 Å². The lowest BCUT2D eigenvalue weighted by atomic mass is 9.78. The first-order chi connectivity index (χ1) is 26.3. The number of carboxylic acids is 2. The number of amides is 1. The lowest BCUT2D eigenvalue weighted by Crippen LogP contribution is -2.18. The fourth-order valence-electron chi connectivity index (χ4n) is 5.96. The van der Waals surface area contributed by atoms with Crippen LogP contribution in [0, 0.1) is 13.8 Å². The van der Waals surface area contributed by atoms with Crippen molar-refractivity contribution < 1.29 is 38.9 Å². The van der Waals surface area contributed by atoms with Gasteiger partial charge in [0.25, 0.3) is 5.91 Å². The Morgan fingerprint density at radius 1 is 0.545 bits per heavy atom. The van der Waals surface area contributed by atoms with Gasteiger partial charge in [0.1, 0.15) is 29.6 Å². The van der Waals surface area contributed by atoms with E-state index in [1.54, 1.807) is 49.4 Å². The van der Waals surface area contributed by atoms with Gasteiger partial charge in [-0.1, -0.05) is 67.4 Å². The molecule has 0 atom stereocenters. The molecule has 10 nitrogen and oxygen atoms in total. The molecule has 0 fully saturated rings. The third-order valence-corrected chi connectivity index (χ3v) is 9.15. The molecule has 10 heteroatoms. The summed E-state index contributed by atoms with van der Waals surface area (Å²) in [5.74, 6) is -0.0939. The van der Waals surface area contributed by atoms with Gasteiger partial charge in [0, 0.05) is 11.1 Å². The molecule has 0 aromatic heterocycles. The van der Waals surface area contributed by atoms with Crippen LogP contribution in [-0.4, -0.2) is 28.1 Å². The number of benzene rings is 6. The summed E-state index contributed by atoms with van der Waals surface area (Å²) in [6.07, 6.45) is 0. The molecule has 6 rings (SSSR count). The normalized spacial score (nSPS) is 11.1. The van der Waals surface area contributed by atoms with Crippen molar-refractivity contribution in [3.8, 4) is 23.0 Å². The second kappa shape index (κ2) is 16.4. The molecular weight excluding hydrogens is 697 g/mol. The Balaban J connectivity index is 1.01. The third-order valence-electron chi connectivity index (χ3n) is 9.15. The number of hydrogen-bond acceptors (Lipinski definition) is 7. The van der Waals surface area contributed by atoms with Crippen molar-refractivity contribution in [3.05, 3.63) is 178 Å². The van der Waals surface area contributed by atoms with E-state index >= 15 is 0 Å². The highest BCUT2D eigenvalue weighted by Gasteiger charge is 2.23. The number of carbonyl (C=O) groups excluding carboxylic acids is 1. The van der Waals surface area contributed by atoms with E-state index in [0.29, 0.717) is 39.9 Å². The summed E-state index contributed by atoms with van der Waals surface area (Å²) in [4.78, 5) is 41.5. The van der Waals surface area contributed by atoms with Crippen molar-refractivity contribution >= 4 is 29.2 Å². The van der Waals surface area contributed by atoms with Crippen LogP contribution in [0.4, 0.5) is 11.4 Å². The number of nitrogens with one attached hydrogen (secondary N) is 2. The standard InChI is InChI=1S/C45H40N2O8/c1-28-5-7-30(40(25-28)43(49)50)27-53-47-34-14-22-38(23-15-34)55-36-18-10-32(11-19-36)45(3,4)31-8-16-35(17-9-31)54-37-20-12-33(13-21-37)46-42(48)39-24-6-29(2)26-41(39)44(51)52/h5-26,47H,27H2,1-4H3,(H,46,48)(H,49,50)(H,51,52). The average Bonchev–Trinajstić information content (AvgIpc) is 3.17. The first-order valence-electron chi connectivity index (χ1n) is 17.5. The lowest BCUT2D eigenvalue weighted by molar-refractivity contribution is 0.0682. The van der Waals surface area contributed by atoms with E-state index in [1.807, 2.05) is 85.8 Å². The fourth-order valence-corrected chi connectivity index (χ4v) is 5.96. The van der Waals surface area contributed by atoms with Gasteiger partial charge in [-0.25, -0.2) is 9.59 Å². The predicted molar refractivity (Wildman–Crippen MR) is 211 cm³/mol. The van der Waals surface area contributed by atoms with Gasteiger partial charge in [-0.05, 0) is 122 Å². The van der Waals surface area contributed by atoms with Crippen LogP contribution in [-0.2, 0) is 16.9 Å². The monoisotopic (exact) mass is 736 g/mol. The van der Waals surface area contributed by atoms with Crippen molar-refractivity contribution in [1.29, 1.82) is 0 Å².